The van der Waals surface area contributed by atoms with Crippen LogP contribution in [0.15, 0.2) is 12.4 Å². The summed E-state index contributed by atoms with van der Waals surface area (Å²) >= 11 is 6.04. The Morgan fingerprint density at radius 1 is 1.57 bits per heavy atom. The second kappa shape index (κ2) is 6.37. The van der Waals surface area contributed by atoms with Crippen LogP contribution in [0.5, 0.6) is 0 Å². The summed E-state index contributed by atoms with van der Waals surface area (Å²) in [5, 5.41) is 19.4. The van der Waals surface area contributed by atoms with Crippen LogP contribution >= 0.6 is 11.6 Å². The number of amides is 1. The minimum Gasteiger partial charge on any atom is -0.338 e. The van der Waals surface area contributed by atoms with Crippen molar-refractivity contribution in [3.05, 3.63) is 38.9 Å². The van der Waals surface area contributed by atoms with Gasteiger partial charge in [-0.15, -0.1) is 0 Å². The van der Waals surface area contributed by atoms with Crippen molar-refractivity contribution in [1.29, 1.82) is 0 Å². The van der Waals surface area contributed by atoms with Crippen molar-refractivity contribution in [2.45, 2.75) is 26.4 Å². The monoisotopic (exact) mass is 340 g/mol. The van der Waals surface area contributed by atoms with Crippen molar-refractivity contribution in [3.8, 4) is 0 Å². The zero-order valence-electron chi connectivity index (χ0n) is 13.2. The molecule has 2 aromatic rings. The molecule has 23 heavy (non-hydrogen) atoms. The Bertz CT molecular complexity index is 733. The molecule has 0 fully saturated rings. The van der Waals surface area contributed by atoms with Crippen molar-refractivity contribution in [2.24, 2.45) is 7.05 Å². The Balaban J connectivity index is 2.16. The fourth-order valence-electron chi connectivity index (χ4n) is 2.20. The lowest BCUT2D eigenvalue weighted by molar-refractivity contribution is -0.385. The first-order valence-electron chi connectivity index (χ1n) is 6.83. The molecule has 0 aliphatic carbocycles. The van der Waals surface area contributed by atoms with Crippen molar-refractivity contribution in [2.75, 3.05) is 7.05 Å². The number of aromatic nitrogens is 4. The SMILES string of the molecule is Cc1nn(C(C)C(=O)N(C)Cc2c(Cl)cnn2C)cc1[N+](=O)[O-]. The number of nitrogens with zero attached hydrogens (tertiary/aromatic N) is 6. The van der Waals surface area contributed by atoms with E-state index >= 15 is 0 Å². The van der Waals surface area contributed by atoms with E-state index in [4.69, 9.17) is 11.6 Å². The Kier molecular flexibility index (Phi) is 4.69. The average molecular weight is 341 g/mol. The lowest BCUT2D eigenvalue weighted by Crippen LogP contribution is -2.33. The molecule has 1 unspecified atom stereocenters. The molecule has 0 bridgehead atoms. The van der Waals surface area contributed by atoms with Gasteiger partial charge in [0.25, 0.3) is 0 Å². The van der Waals surface area contributed by atoms with Crippen LogP contribution in [0.4, 0.5) is 5.69 Å². The molecule has 0 aromatic carbocycles. The van der Waals surface area contributed by atoms with Gasteiger partial charge in [0.05, 0.1) is 28.4 Å². The number of aryl methyl sites for hydroxylation is 2. The van der Waals surface area contributed by atoms with Crippen molar-refractivity contribution in [3.63, 3.8) is 0 Å². The molecule has 2 heterocycles. The van der Waals surface area contributed by atoms with Gasteiger partial charge in [-0.25, -0.2) is 0 Å². The van der Waals surface area contributed by atoms with Gasteiger partial charge in [-0.05, 0) is 13.8 Å². The predicted molar refractivity (Wildman–Crippen MR) is 83.0 cm³/mol. The Morgan fingerprint density at radius 2 is 2.22 bits per heavy atom. The van der Waals surface area contributed by atoms with Crippen molar-refractivity contribution < 1.29 is 9.72 Å². The maximum atomic E-state index is 12.5. The highest BCUT2D eigenvalue weighted by Gasteiger charge is 2.25. The van der Waals surface area contributed by atoms with Crippen LogP contribution in [0.3, 0.4) is 0 Å². The van der Waals surface area contributed by atoms with Crippen LogP contribution in [0.2, 0.25) is 5.02 Å². The topological polar surface area (TPSA) is 99.1 Å². The number of nitro groups is 1. The van der Waals surface area contributed by atoms with Crippen molar-refractivity contribution in [1.82, 2.24) is 24.5 Å². The van der Waals surface area contributed by atoms with Crippen LogP contribution in [0.25, 0.3) is 0 Å². The third kappa shape index (κ3) is 3.34. The van der Waals surface area contributed by atoms with Gasteiger partial charge in [0.1, 0.15) is 17.9 Å². The Morgan fingerprint density at radius 3 is 2.70 bits per heavy atom. The third-order valence-corrected chi connectivity index (χ3v) is 3.93. The van der Waals surface area contributed by atoms with E-state index in [2.05, 4.69) is 10.2 Å². The first-order valence-corrected chi connectivity index (χ1v) is 7.21. The minimum atomic E-state index is -0.667. The molecule has 9 nitrogen and oxygen atoms in total. The summed E-state index contributed by atoms with van der Waals surface area (Å²) in [6.07, 6.45) is 2.78. The van der Waals surface area contributed by atoms with Gasteiger partial charge in [-0.3, -0.25) is 24.3 Å². The lowest BCUT2D eigenvalue weighted by atomic mass is 10.3. The standard InChI is InChI=1S/C13H17ClN6O3/c1-8-11(20(22)23)7-19(16-8)9(2)13(21)17(3)6-12-10(14)5-15-18(12)4/h5,7,9H,6H2,1-4H3. The smallest absolute Gasteiger partial charge is 0.309 e. The number of rotatable bonds is 5. The lowest BCUT2D eigenvalue weighted by Gasteiger charge is -2.21. The van der Waals surface area contributed by atoms with Gasteiger partial charge < -0.3 is 4.90 Å². The molecule has 1 atom stereocenters. The van der Waals surface area contributed by atoms with E-state index in [1.165, 1.54) is 28.9 Å². The van der Waals surface area contributed by atoms with E-state index in [-0.39, 0.29) is 23.8 Å². The summed E-state index contributed by atoms with van der Waals surface area (Å²) in [4.78, 5) is 24.3. The molecule has 124 valence electrons. The predicted octanol–water partition coefficient (Wildman–Crippen LogP) is 1.71. The summed E-state index contributed by atoms with van der Waals surface area (Å²) in [6, 6.07) is -0.667. The molecule has 0 aliphatic rings. The quantitative estimate of drug-likeness (QED) is 0.609. The fraction of sp³-hybridized carbons (Fsp3) is 0.462. The Labute approximate surface area is 137 Å². The summed E-state index contributed by atoms with van der Waals surface area (Å²) in [5.74, 6) is -0.236. The average Bonchev–Trinajstić information content (AvgIpc) is 3.03. The van der Waals surface area contributed by atoms with Crippen LogP contribution in [-0.4, -0.2) is 42.3 Å². The Hall–Kier alpha value is -2.42. The largest absolute Gasteiger partial charge is 0.338 e. The number of hydrogen-bond donors (Lipinski definition) is 0. The number of likely N-dealkylation sites (N-methyl/N-ethyl adjacent to an activating group) is 1. The van der Waals surface area contributed by atoms with E-state index < -0.39 is 11.0 Å². The molecular weight excluding hydrogens is 324 g/mol. The van der Waals surface area contributed by atoms with Crippen molar-refractivity contribution >= 4 is 23.2 Å². The van der Waals surface area contributed by atoms with Gasteiger partial charge >= 0.3 is 5.69 Å². The normalized spacial score (nSPS) is 12.2. The van der Waals surface area contributed by atoms with E-state index in [1.54, 1.807) is 25.7 Å². The number of hydrogen-bond acceptors (Lipinski definition) is 5. The van der Waals surface area contributed by atoms with E-state index in [0.29, 0.717) is 10.7 Å². The van der Waals surface area contributed by atoms with Crippen LogP contribution in [-0.2, 0) is 18.4 Å². The van der Waals surface area contributed by atoms with Gasteiger partial charge in [-0.1, -0.05) is 11.6 Å². The van der Waals surface area contributed by atoms with Gasteiger partial charge in [0, 0.05) is 14.1 Å². The van der Waals surface area contributed by atoms with Gasteiger partial charge in [0.2, 0.25) is 5.91 Å². The minimum absolute atomic E-state index is 0.109. The number of carbonyl (C=O) groups is 1. The summed E-state index contributed by atoms with van der Waals surface area (Å²) in [5.41, 5.74) is 0.867. The maximum Gasteiger partial charge on any atom is 0.309 e. The molecule has 1 amide bonds. The highest BCUT2D eigenvalue weighted by Crippen LogP contribution is 2.21. The second-order valence-corrected chi connectivity index (χ2v) is 5.68. The zero-order chi connectivity index (χ0) is 17.3. The summed E-state index contributed by atoms with van der Waals surface area (Å²) in [7, 11) is 3.37. The first kappa shape index (κ1) is 16.9. The van der Waals surface area contributed by atoms with Gasteiger partial charge in [-0.2, -0.15) is 10.2 Å². The van der Waals surface area contributed by atoms with Crippen LogP contribution < -0.4 is 0 Å². The number of halogens is 1. The number of carbonyl (C=O) groups excluding carboxylic acids is 1. The van der Waals surface area contributed by atoms with Crippen LogP contribution in [0.1, 0.15) is 24.4 Å². The van der Waals surface area contributed by atoms with Gasteiger partial charge in [0.15, 0.2) is 0 Å². The molecule has 0 aliphatic heterocycles. The van der Waals surface area contributed by atoms with Crippen LogP contribution in [0, 0.1) is 17.0 Å². The summed E-state index contributed by atoms with van der Waals surface area (Å²) < 4.78 is 2.90. The fourth-order valence-corrected chi connectivity index (χ4v) is 2.42. The van der Waals surface area contributed by atoms with E-state index in [1.807, 2.05) is 0 Å². The summed E-state index contributed by atoms with van der Waals surface area (Å²) in [6.45, 7) is 3.45. The second-order valence-electron chi connectivity index (χ2n) is 5.27. The highest BCUT2D eigenvalue weighted by molar-refractivity contribution is 6.31. The first-order chi connectivity index (χ1) is 10.7. The highest BCUT2D eigenvalue weighted by atomic mass is 35.5. The molecular formula is C13H17ClN6O3. The molecule has 0 radical (unpaired) electrons. The molecule has 2 aromatic heterocycles. The van der Waals surface area contributed by atoms with E-state index in [9.17, 15) is 14.9 Å². The zero-order valence-corrected chi connectivity index (χ0v) is 14.0. The molecule has 10 heteroatoms. The molecule has 2 rings (SSSR count). The van der Waals surface area contributed by atoms with E-state index in [0.717, 1.165) is 0 Å². The molecule has 0 spiro atoms. The molecule has 0 N–H and O–H groups in total. The molecule has 0 saturated heterocycles. The molecule has 0 saturated carbocycles. The maximum absolute atomic E-state index is 12.5. The third-order valence-electron chi connectivity index (χ3n) is 3.62.